The molecule has 8 bridgehead atoms. The van der Waals surface area contributed by atoms with Crippen LogP contribution >= 0.6 is 0 Å². The Morgan fingerprint density at radius 2 is 0.667 bits per heavy atom. The molecule has 3 aromatic rings. The molecule has 0 spiro atoms. The van der Waals surface area contributed by atoms with Crippen molar-refractivity contribution in [2.75, 3.05) is 0 Å². The smallest absolute Gasteiger partial charge is 0.0658 e. The Balaban J connectivity index is 1.44. The van der Waals surface area contributed by atoms with E-state index in [1.54, 1.807) is 11.1 Å². The van der Waals surface area contributed by atoms with Crippen molar-refractivity contribution in [3.63, 3.8) is 0 Å². The van der Waals surface area contributed by atoms with Crippen molar-refractivity contribution in [1.29, 1.82) is 0 Å². The number of aryl methyl sites for hydroxylation is 3. The Labute approximate surface area is 367 Å². The van der Waals surface area contributed by atoms with Gasteiger partial charge in [0.05, 0.1) is 22.8 Å². The average molecular weight is 815 g/mol. The maximum Gasteiger partial charge on any atom is 0.0658 e. The van der Waals surface area contributed by atoms with Crippen LogP contribution in [0.25, 0.3) is 46.4 Å². The van der Waals surface area contributed by atoms with Crippen LogP contribution in [-0.2, 0) is 19.4 Å². The minimum atomic E-state index is 1.01. The minimum Gasteiger partial charge on any atom is -0.355 e. The number of unbranched alkanes of at least 4 members (excludes halogenated alkanes) is 27. The predicted molar refractivity (Wildman–Crippen MR) is 265 cm³/mol. The molecule has 3 aromatic heterocycles. The van der Waals surface area contributed by atoms with Gasteiger partial charge in [-0.1, -0.05) is 194 Å². The van der Waals surface area contributed by atoms with Crippen LogP contribution in [-0.4, -0.2) is 19.5 Å². The zero-order valence-electron chi connectivity index (χ0n) is 38.9. The van der Waals surface area contributed by atoms with E-state index >= 15 is 0 Å². The first-order chi connectivity index (χ1) is 29.7. The maximum absolute atomic E-state index is 5.19. The molecule has 330 valence electrons. The van der Waals surface area contributed by atoms with Gasteiger partial charge in [0.25, 0.3) is 0 Å². The van der Waals surface area contributed by atoms with Crippen molar-refractivity contribution < 1.29 is 0 Å². The monoisotopic (exact) mass is 815 g/mol. The predicted octanol–water partition coefficient (Wildman–Crippen LogP) is 18.0. The summed E-state index contributed by atoms with van der Waals surface area (Å²) in [6.45, 7) is 8.00. The number of hydrogen-bond donors (Lipinski definition) is 1. The third-order valence-electron chi connectivity index (χ3n) is 13.1. The summed E-state index contributed by atoms with van der Waals surface area (Å²) in [5.74, 6) is 0. The van der Waals surface area contributed by atoms with Gasteiger partial charge in [-0.05, 0) is 104 Å². The molecule has 0 radical (unpaired) electrons. The van der Waals surface area contributed by atoms with E-state index < -0.39 is 0 Å². The molecule has 0 amide bonds. The zero-order chi connectivity index (χ0) is 41.9. The van der Waals surface area contributed by atoms with Crippen LogP contribution in [0.15, 0.2) is 36.4 Å². The fourth-order valence-corrected chi connectivity index (χ4v) is 9.54. The van der Waals surface area contributed by atoms with Crippen molar-refractivity contribution in [3.8, 4) is 0 Å². The van der Waals surface area contributed by atoms with E-state index in [9.17, 15) is 0 Å². The van der Waals surface area contributed by atoms with Gasteiger partial charge in [0.2, 0.25) is 0 Å². The number of aromatic amines is 1. The molecular formula is C56H86N4. The fraction of sp³-hybridized carbons (Fsp3) is 0.643. The number of rotatable bonds is 33. The summed E-state index contributed by atoms with van der Waals surface area (Å²) in [5.41, 5.74) is 12.3. The van der Waals surface area contributed by atoms with Gasteiger partial charge in [-0.25, -0.2) is 9.97 Å². The molecule has 4 heteroatoms. The summed E-state index contributed by atoms with van der Waals surface area (Å²) < 4.78 is 2.72. The highest BCUT2D eigenvalue weighted by Gasteiger charge is 2.18. The van der Waals surface area contributed by atoms with Crippen LogP contribution in [0.3, 0.4) is 0 Å². The van der Waals surface area contributed by atoms with Crippen LogP contribution < -0.4 is 0 Å². The fourth-order valence-electron chi connectivity index (χ4n) is 9.54. The molecule has 4 nitrogen and oxygen atoms in total. The van der Waals surface area contributed by atoms with E-state index in [2.05, 4.69) is 91.0 Å². The molecule has 60 heavy (non-hydrogen) atoms. The van der Waals surface area contributed by atoms with Crippen LogP contribution in [0, 0.1) is 0 Å². The van der Waals surface area contributed by atoms with Crippen LogP contribution in [0.5, 0.6) is 0 Å². The van der Waals surface area contributed by atoms with E-state index in [0.717, 1.165) is 53.2 Å². The molecule has 0 fully saturated rings. The number of hydrogen-bond acceptors (Lipinski definition) is 2. The first-order valence-corrected chi connectivity index (χ1v) is 25.8. The van der Waals surface area contributed by atoms with Gasteiger partial charge < -0.3 is 9.55 Å². The molecule has 0 atom stereocenters. The van der Waals surface area contributed by atoms with Gasteiger partial charge >= 0.3 is 0 Å². The Hall–Kier alpha value is -3.40. The molecule has 5 rings (SSSR count). The van der Waals surface area contributed by atoms with Crippen molar-refractivity contribution >= 4 is 46.4 Å². The standard InChI is InChI=1S/C56H86N4/c1-4-7-10-13-16-19-22-25-28-31-34-53-54(35-32-29-26-23-20-17-14-11-8-5-2)56-46-52-41-39-50(59-52)44-48-37-36-47(57-48)43-49-38-40-51(58-49)45-55(53)60(56)42-33-30-27-24-21-18-15-12-9-6-3/h36-41,43-46,57H,4-35,42H2,1-3H3. The normalized spacial score (nSPS) is 12.3. The summed E-state index contributed by atoms with van der Waals surface area (Å²) in [7, 11) is 0. The van der Waals surface area contributed by atoms with Crippen molar-refractivity contribution in [2.45, 2.75) is 233 Å². The Morgan fingerprint density at radius 1 is 0.367 bits per heavy atom. The lowest BCUT2D eigenvalue weighted by Gasteiger charge is -2.08. The molecule has 0 saturated heterocycles. The summed E-state index contributed by atoms with van der Waals surface area (Å²) in [5, 5.41) is 0. The lowest BCUT2D eigenvalue weighted by atomic mass is 9.97. The summed E-state index contributed by atoms with van der Waals surface area (Å²) in [4.78, 5) is 14.0. The second kappa shape index (κ2) is 29.0. The molecule has 0 aromatic carbocycles. The topological polar surface area (TPSA) is 46.5 Å². The number of aromatic nitrogens is 4. The second-order valence-electron chi connectivity index (χ2n) is 18.5. The van der Waals surface area contributed by atoms with E-state index in [1.807, 2.05) is 0 Å². The quantitative estimate of drug-likeness (QED) is 0.0429. The first kappa shape index (κ1) is 47.6. The van der Waals surface area contributed by atoms with Crippen molar-refractivity contribution in [1.82, 2.24) is 19.5 Å². The number of H-pyrrole nitrogens is 1. The van der Waals surface area contributed by atoms with Gasteiger partial charge in [-0.3, -0.25) is 0 Å². The highest BCUT2D eigenvalue weighted by atomic mass is 15.0. The number of nitrogens with one attached hydrogen (secondary N) is 1. The van der Waals surface area contributed by atoms with E-state index in [4.69, 9.17) is 9.97 Å². The van der Waals surface area contributed by atoms with Gasteiger partial charge in [0, 0.05) is 28.6 Å². The summed E-state index contributed by atoms with van der Waals surface area (Å²) in [6, 6.07) is 13.5. The molecule has 5 heterocycles. The minimum absolute atomic E-state index is 1.01. The van der Waals surface area contributed by atoms with E-state index in [1.165, 1.54) is 204 Å². The Morgan fingerprint density at radius 3 is 1.02 bits per heavy atom. The van der Waals surface area contributed by atoms with Crippen LogP contribution in [0.4, 0.5) is 0 Å². The molecule has 0 aliphatic carbocycles. The van der Waals surface area contributed by atoms with Gasteiger partial charge in [0.15, 0.2) is 0 Å². The van der Waals surface area contributed by atoms with Gasteiger partial charge in [0.1, 0.15) is 0 Å². The molecule has 0 saturated carbocycles. The zero-order valence-corrected chi connectivity index (χ0v) is 38.9. The average Bonchev–Trinajstić information content (AvgIpc) is 4.06. The van der Waals surface area contributed by atoms with E-state index in [0.29, 0.717) is 0 Å². The van der Waals surface area contributed by atoms with Gasteiger partial charge in [-0.2, -0.15) is 0 Å². The summed E-state index contributed by atoms with van der Waals surface area (Å²) in [6.07, 6.45) is 52.1. The second-order valence-corrected chi connectivity index (χ2v) is 18.5. The summed E-state index contributed by atoms with van der Waals surface area (Å²) >= 11 is 0. The molecule has 0 unspecified atom stereocenters. The number of nitrogens with zero attached hydrogens (tertiary/aromatic N) is 3. The Bertz CT molecular complexity index is 1730. The third-order valence-corrected chi connectivity index (χ3v) is 13.1. The lowest BCUT2D eigenvalue weighted by Crippen LogP contribution is -1.99. The largest absolute Gasteiger partial charge is 0.355 e. The highest BCUT2D eigenvalue weighted by molar-refractivity contribution is 5.81. The maximum atomic E-state index is 5.19. The van der Waals surface area contributed by atoms with E-state index in [-0.39, 0.29) is 0 Å². The lowest BCUT2D eigenvalue weighted by molar-refractivity contribution is 0.541. The molecule has 2 aliphatic heterocycles. The van der Waals surface area contributed by atoms with Crippen molar-refractivity contribution in [2.24, 2.45) is 0 Å². The highest BCUT2D eigenvalue weighted by Crippen LogP contribution is 2.32. The Kier molecular flexibility index (Phi) is 23.0. The van der Waals surface area contributed by atoms with Crippen LogP contribution in [0.1, 0.15) is 247 Å². The van der Waals surface area contributed by atoms with Gasteiger partial charge in [-0.15, -0.1) is 0 Å². The SMILES string of the molecule is CCCCCCCCCCCCc1c(CCCCCCCCCCCC)c2cc3nc(cc4ccc(cc5nc(cc1n2CCCCCCCCCCCC)C=C5)[nH]4)C=C3. The first-order valence-electron chi connectivity index (χ1n) is 25.8. The molecule has 2 aliphatic rings. The van der Waals surface area contributed by atoms with Crippen molar-refractivity contribution in [3.05, 3.63) is 70.3 Å². The molecular weight excluding hydrogens is 729 g/mol. The van der Waals surface area contributed by atoms with Crippen LogP contribution in [0.2, 0.25) is 0 Å². The number of fused-ring (bicyclic) bond motifs is 8. The third kappa shape index (κ3) is 17.2. The molecule has 1 N–H and O–H groups in total.